The zero-order chi connectivity index (χ0) is 16.7. The third kappa shape index (κ3) is 2.40. The molecule has 0 radical (unpaired) electrons. The van der Waals surface area contributed by atoms with Gasteiger partial charge < -0.3 is 14.1 Å². The topological polar surface area (TPSA) is 42.7 Å². The molecule has 1 atom stereocenters. The number of fused-ring (bicyclic) bond motifs is 1. The quantitative estimate of drug-likeness (QED) is 0.688. The third-order valence-corrected chi connectivity index (χ3v) is 5.70. The van der Waals surface area contributed by atoms with Crippen molar-refractivity contribution in [3.05, 3.63) is 51.9 Å². The first-order valence-electron chi connectivity index (χ1n) is 8.10. The zero-order valence-electron chi connectivity index (χ0n) is 13.7. The van der Waals surface area contributed by atoms with Gasteiger partial charge in [0.25, 0.3) is 5.91 Å². The van der Waals surface area contributed by atoms with Gasteiger partial charge in [0.15, 0.2) is 5.76 Å². The SMILES string of the molecule is COc1ccc2oc(C(=O)N3CCCC3c3cccs3)c(C)c2c1. The average molecular weight is 341 g/mol. The lowest BCUT2D eigenvalue weighted by Crippen LogP contribution is -2.30. The number of methoxy groups -OCH3 is 1. The lowest BCUT2D eigenvalue weighted by molar-refractivity contribution is 0.0707. The molecule has 4 rings (SSSR count). The van der Waals surface area contributed by atoms with Crippen molar-refractivity contribution in [2.24, 2.45) is 0 Å². The van der Waals surface area contributed by atoms with Crippen LogP contribution in [0.1, 0.15) is 39.9 Å². The highest BCUT2D eigenvalue weighted by Crippen LogP contribution is 2.37. The molecule has 1 amide bonds. The largest absolute Gasteiger partial charge is 0.497 e. The Morgan fingerprint density at radius 3 is 3.00 bits per heavy atom. The number of nitrogens with zero attached hydrogens (tertiary/aromatic N) is 1. The van der Waals surface area contributed by atoms with E-state index in [0.717, 1.165) is 41.7 Å². The predicted molar refractivity (Wildman–Crippen MR) is 94.8 cm³/mol. The van der Waals surface area contributed by atoms with E-state index in [0.29, 0.717) is 5.76 Å². The van der Waals surface area contributed by atoms with Crippen molar-refractivity contribution < 1.29 is 13.9 Å². The maximum Gasteiger partial charge on any atom is 0.290 e. The average Bonchev–Trinajstić information content (AvgIpc) is 3.33. The second-order valence-corrected chi connectivity index (χ2v) is 7.07. The van der Waals surface area contributed by atoms with Crippen LogP contribution in [0.15, 0.2) is 40.1 Å². The summed E-state index contributed by atoms with van der Waals surface area (Å²) in [5, 5.41) is 3.00. The summed E-state index contributed by atoms with van der Waals surface area (Å²) in [4.78, 5) is 16.3. The van der Waals surface area contributed by atoms with E-state index < -0.39 is 0 Å². The van der Waals surface area contributed by atoms with Crippen LogP contribution in [0.5, 0.6) is 5.75 Å². The van der Waals surface area contributed by atoms with Crippen LogP contribution in [-0.2, 0) is 0 Å². The van der Waals surface area contributed by atoms with Gasteiger partial charge in [0.1, 0.15) is 11.3 Å². The van der Waals surface area contributed by atoms with Gasteiger partial charge in [-0.25, -0.2) is 0 Å². The van der Waals surface area contributed by atoms with Gasteiger partial charge in [-0.05, 0) is 49.4 Å². The number of amides is 1. The smallest absolute Gasteiger partial charge is 0.290 e. The lowest BCUT2D eigenvalue weighted by atomic mass is 10.1. The molecule has 0 aliphatic carbocycles. The van der Waals surface area contributed by atoms with E-state index in [9.17, 15) is 4.79 Å². The Kier molecular flexibility index (Phi) is 3.81. The lowest BCUT2D eigenvalue weighted by Gasteiger charge is -2.23. The summed E-state index contributed by atoms with van der Waals surface area (Å²) in [6.45, 7) is 2.72. The zero-order valence-corrected chi connectivity index (χ0v) is 14.6. The van der Waals surface area contributed by atoms with Gasteiger partial charge in [0.2, 0.25) is 0 Å². The molecule has 1 fully saturated rings. The Hall–Kier alpha value is -2.27. The highest BCUT2D eigenvalue weighted by atomic mass is 32.1. The van der Waals surface area contributed by atoms with E-state index in [1.807, 2.05) is 36.1 Å². The number of hydrogen-bond acceptors (Lipinski definition) is 4. The van der Waals surface area contributed by atoms with Crippen molar-refractivity contribution >= 4 is 28.2 Å². The van der Waals surface area contributed by atoms with Gasteiger partial charge in [-0.2, -0.15) is 0 Å². The first kappa shape index (κ1) is 15.3. The Morgan fingerprint density at radius 1 is 1.38 bits per heavy atom. The molecule has 1 aromatic carbocycles. The molecule has 2 aromatic heterocycles. The van der Waals surface area contributed by atoms with Crippen LogP contribution in [0.25, 0.3) is 11.0 Å². The van der Waals surface area contributed by atoms with Crippen LogP contribution in [0.4, 0.5) is 0 Å². The van der Waals surface area contributed by atoms with E-state index in [4.69, 9.17) is 9.15 Å². The monoisotopic (exact) mass is 341 g/mol. The minimum Gasteiger partial charge on any atom is -0.497 e. The van der Waals surface area contributed by atoms with Gasteiger partial charge in [0, 0.05) is 22.4 Å². The maximum absolute atomic E-state index is 13.1. The summed E-state index contributed by atoms with van der Waals surface area (Å²) in [5.41, 5.74) is 1.61. The number of likely N-dealkylation sites (tertiary alicyclic amines) is 1. The van der Waals surface area contributed by atoms with E-state index >= 15 is 0 Å². The molecular formula is C19H19NO3S. The Balaban J connectivity index is 1.71. The molecule has 1 unspecified atom stereocenters. The predicted octanol–water partition coefficient (Wildman–Crippen LogP) is 4.79. The minimum absolute atomic E-state index is 0.0152. The molecule has 5 heteroatoms. The van der Waals surface area contributed by atoms with E-state index in [2.05, 4.69) is 11.4 Å². The standard InChI is InChI=1S/C19H19NO3S/c1-12-14-11-13(22-2)7-8-16(14)23-18(12)19(21)20-9-3-5-15(20)17-6-4-10-24-17/h4,6-8,10-11,15H,3,5,9H2,1-2H3. The number of carbonyl (C=O) groups is 1. The first-order chi connectivity index (χ1) is 11.7. The van der Waals surface area contributed by atoms with E-state index in [1.165, 1.54) is 4.88 Å². The van der Waals surface area contributed by atoms with Crippen molar-refractivity contribution in [3.63, 3.8) is 0 Å². The van der Waals surface area contributed by atoms with E-state index in [1.54, 1.807) is 18.4 Å². The van der Waals surface area contributed by atoms with Gasteiger partial charge >= 0.3 is 0 Å². The molecule has 4 nitrogen and oxygen atoms in total. The molecule has 0 spiro atoms. The first-order valence-corrected chi connectivity index (χ1v) is 8.98. The normalized spacial score (nSPS) is 17.6. The van der Waals surface area contributed by atoms with Crippen LogP contribution < -0.4 is 4.74 Å². The summed E-state index contributed by atoms with van der Waals surface area (Å²) in [6, 6.07) is 9.95. The number of rotatable bonds is 3. The van der Waals surface area contributed by atoms with Gasteiger partial charge in [-0.1, -0.05) is 6.07 Å². The fourth-order valence-corrected chi connectivity index (χ4v) is 4.32. The molecule has 0 bridgehead atoms. The maximum atomic E-state index is 13.1. The van der Waals surface area contributed by atoms with Crippen LogP contribution >= 0.6 is 11.3 Å². The number of hydrogen-bond donors (Lipinski definition) is 0. The molecule has 124 valence electrons. The highest BCUT2D eigenvalue weighted by Gasteiger charge is 2.33. The van der Waals surface area contributed by atoms with Gasteiger partial charge in [-0.3, -0.25) is 4.79 Å². The number of carbonyl (C=O) groups excluding carboxylic acids is 1. The number of furan rings is 1. The second kappa shape index (κ2) is 5.98. The van der Waals surface area contributed by atoms with Crippen molar-refractivity contribution in [1.29, 1.82) is 0 Å². The summed E-state index contributed by atoms with van der Waals surface area (Å²) >= 11 is 1.71. The summed E-state index contributed by atoms with van der Waals surface area (Å²) in [5.74, 6) is 1.20. The Labute approximate surface area is 144 Å². The van der Waals surface area contributed by atoms with Gasteiger partial charge in [-0.15, -0.1) is 11.3 Å². The molecular weight excluding hydrogens is 322 g/mol. The Bertz CT molecular complexity index is 882. The summed E-state index contributed by atoms with van der Waals surface area (Å²) in [7, 11) is 1.64. The van der Waals surface area contributed by atoms with Crippen LogP contribution in [0.2, 0.25) is 0 Å². The number of thiophene rings is 1. The van der Waals surface area contributed by atoms with E-state index in [-0.39, 0.29) is 11.9 Å². The van der Waals surface area contributed by atoms with Gasteiger partial charge in [0.05, 0.1) is 13.2 Å². The second-order valence-electron chi connectivity index (χ2n) is 6.09. The molecule has 3 heterocycles. The van der Waals surface area contributed by atoms with Crippen LogP contribution in [0, 0.1) is 6.92 Å². The number of ether oxygens (including phenoxy) is 1. The van der Waals surface area contributed by atoms with Crippen molar-refractivity contribution in [3.8, 4) is 5.75 Å². The molecule has 0 N–H and O–H groups in total. The fraction of sp³-hybridized carbons (Fsp3) is 0.316. The fourth-order valence-electron chi connectivity index (χ4n) is 3.45. The molecule has 0 saturated carbocycles. The Morgan fingerprint density at radius 2 is 2.25 bits per heavy atom. The highest BCUT2D eigenvalue weighted by molar-refractivity contribution is 7.10. The molecule has 1 aliphatic rings. The molecule has 1 aliphatic heterocycles. The van der Waals surface area contributed by atoms with Crippen LogP contribution in [0.3, 0.4) is 0 Å². The molecule has 1 saturated heterocycles. The summed E-state index contributed by atoms with van der Waals surface area (Å²) in [6.07, 6.45) is 2.04. The van der Waals surface area contributed by atoms with Crippen molar-refractivity contribution in [2.45, 2.75) is 25.8 Å². The van der Waals surface area contributed by atoms with Crippen molar-refractivity contribution in [1.82, 2.24) is 4.90 Å². The van der Waals surface area contributed by atoms with Crippen LogP contribution in [-0.4, -0.2) is 24.5 Å². The molecule has 3 aromatic rings. The third-order valence-electron chi connectivity index (χ3n) is 4.72. The number of aryl methyl sites for hydroxylation is 1. The minimum atomic E-state index is -0.0152. The summed E-state index contributed by atoms with van der Waals surface area (Å²) < 4.78 is 11.2. The number of benzene rings is 1. The van der Waals surface area contributed by atoms with Crippen molar-refractivity contribution in [2.75, 3.05) is 13.7 Å². The molecule has 24 heavy (non-hydrogen) atoms.